The fourth-order valence-corrected chi connectivity index (χ4v) is 0.321. The first-order chi connectivity index (χ1) is 2.50. The minimum Gasteiger partial charge on any atom is -1.00 e. The van der Waals surface area contributed by atoms with Crippen molar-refractivity contribution in [3.63, 3.8) is 0 Å². The van der Waals surface area contributed by atoms with Gasteiger partial charge in [0.1, 0.15) is 0 Å². The maximum absolute atomic E-state index is 2.00. The Balaban J connectivity index is -0.0000000167. The molecule has 0 aliphatic rings. The van der Waals surface area contributed by atoms with E-state index in [0.29, 0.717) is 0 Å². The molecule has 0 bridgehead atoms. The van der Waals surface area contributed by atoms with Gasteiger partial charge in [0, 0.05) is 8.41 Å². The quantitative estimate of drug-likeness (QED) is 0.325. The molecule has 0 nitrogen and oxygen atoms in total. The molecular weight excluding hydrogens is 268 g/mol. The molecule has 0 aromatic heterocycles. The van der Waals surface area contributed by atoms with E-state index in [0.717, 1.165) is 0 Å². The average molecular weight is 273 g/mol. The van der Waals surface area contributed by atoms with E-state index < -0.39 is 0 Å². The summed E-state index contributed by atoms with van der Waals surface area (Å²) in [5, 5.41) is 0. The van der Waals surface area contributed by atoms with Crippen LogP contribution in [0.3, 0.4) is 0 Å². The first kappa shape index (κ1) is 30.3. The third-order valence-electron chi connectivity index (χ3n) is 0.556. The second-order valence-electron chi connectivity index (χ2n) is 0.962. The maximum atomic E-state index is 2.00. The summed E-state index contributed by atoms with van der Waals surface area (Å²) in [7, 11) is 0. The molecule has 3 radical (unpaired) electrons. The molecule has 0 fully saturated rings. The van der Waals surface area contributed by atoms with Crippen LogP contribution in [-0.2, 0) is 26.2 Å². The zero-order chi connectivity index (χ0) is 3.54. The van der Waals surface area contributed by atoms with Crippen molar-refractivity contribution in [1.82, 2.24) is 0 Å². The predicted molar refractivity (Wildman–Crippen MR) is 27.8 cm³/mol. The van der Waals surface area contributed by atoms with Gasteiger partial charge in [-0.1, -0.05) is 0 Å². The maximum Gasteiger partial charge on any atom is 4.00 e. The Morgan fingerprint density at radius 3 is 1.20 bits per heavy atom. The molecule has 0 heterocycles. The molecule has 10 heavy (non-hydrogen) atoms. The molecule has 0 saturated heterocycles. The Kier molecular flexibility index (Phi) is 68.2. The van der Waals surface area contributed by atoms with E-state index in [1.807, 2.05) is 30.3 Å². The summed E-state index contributed by atoms with van der Waals surface area (Å²) in [4.78, 5) is 0. The van der Waals surface area contributed by atoms with Crippen molar-refractivity contribution >= 4 is 8.41 Å². The van der Waals surface area contributed by atoms with E-state index in [2.05, 4.69) is 0 Å². The third-order valence-corrected chi connectivity index (χ3v) is 0.556. The summed E-state index contributed by atoms with van der Waals surface area (Å²) in [6.45, 7) is 0. The van der Waals surface area contributed by atoms with Crippen molar-refractivity contribution in [3.05, 3.63) is 30.3 Å². The van der Waals surface area contributed by atoms with E-state index in [1.54, 1.807) is 0 Å². The van der Waals surface area contributed by atoms with Crippen molar-refractivity contribution in [3.8, 4) is 0 Å². The van der Waals surface area contributed by atoms with E-state index in [4.69, 9.17) is 0 Å². The second kappa shape index (κ2) is 22.5. The van der Waals surface area contributed by atoms with E-state index in [-0.39, 0.29) is 71.8 Å². The Labute approximate surface area is 101 Å². The van der Waals surface area contributed by atoms with Gasteiger partial charge < -0.3 is 37.2 Å². The molecular formula is C5H5BCl3Zr. The van der Waals surface area contributed by atoms with Crippen LogP contribution in [0.1, 0.15) is 0 Å². The first-order valence-corrected chi connectivity index (χ1v) is 1.67. The van der Waals surface area contributed by atoms with Crippen LogP contribution in [0.25, 0.3) is 0 Å². The normalized spacial score (nSPS) is 4.00. The van der Waals surface area contributed by atoms with E-state index in [9.17, 15) is 0 Å². The number of hydrogen-bond donors (Lipinski definition) is 0. The molecule has 1 aromatic rings. The third kappa shape index (κ3) is 16.1. The van der Waals surface area contributed by atoms with Crippen molar-refractivity contribution in [1.29, 1.82) is 0 Å². The van der Waals surface area contributed by atoms with E-state index in [1.165, 1.54) is 0 Å². The molecule has 1 aromatic carbocycles. The number of hydrogen-bond acceptors (Lipinski definition) is 0. The first-order valence-electron chi connectivity index (χ1n) is 1.67. The molecule has 0 N–H and O–H groups in total. The molecule has 1 rings (SSSR count). The molecule has 0 amide bonds. The van der Waals surface area contributed by atoms with Gasteiger partial charge in [0.2, 0.25) is 0 Å². The monoisotopic (exact) mass is 271 g/mol. The molecule has 53 valence electrons. The zero-order valence-corrected chi connectivity index (χ0v) is 9.82. The zero-order valence-electron chi connectivity index (χ0n) is 5.10. The molecule has 0 unspecified atom stereocenters. The van der Waals surface area contributed by atoms with Crippen LogP contribution in [0.4, 0.5) is 0 Å². The van der Waals surface area contributed by atoms with Gasteiger partial charge in [0.25, 0.3) is 0 Å². The molecule has 0 spiro atoms. The fourth-order valence-electron chi connectivity index (χ4n) is 0.321. The smallest absolute Gasteiger partial charge is 1.00 e. The molecule has 5 heteroatoms. The van der Waals surface area contributed by atoms with Gasteiger partial charge in [-0.2, -0.15) is 18.2 Å². The Hall–Kier alpha value is 1.17. The van der Waals surface area contributed by atoms with Crippen molar-refractivity contribution < 1.29 is 63.4 Å². The summed E-state index contributed by atoms with van der Waals surface area (Å²) in [6, 6.07) is 10.0. The number of rotatable bonds is 0. The summed E-state index contributed by atoms with van der Waals surface area (Å²) < 4.78 is 0. The average Bonchev–Trinajstić information content (AvgIpc) is 1.76. The largest absolute Gasteiger partial charge is 4.00 e. The van der Waals surface area contributed by atoms with Gasteiger partial charge in [-0.25, -0.2) is 12.1 Å². The molecule has 0 aliphatic carbocycles. The van der Waals surface area contributed by atoms with Crippen LogP contribution >= 0.6 is 0 Å². The topological polar surface area (TPSA) is 0 Å². The summed E-state index contributed by atoms with van der Waals surface area (Å²) in [5.41, 5.74) is 0. The van der Waals surface area contributed by atoms with Crippen LogP contribution in [0, 0.1) is 0 Å². The molecule has 0 saturated carbocycles. The van der Waals surface area contributed by atoms with Crippen LogP contribution in [0.5, 0.6) is 0 Å². The van der Waals surface area contributed by atoms with E-state index >= 15 is 0 Å². The van der Waals surface area contributed by atoms with Gasteiger partial charge in [-0.15, -0.1) is 0 Å². The van der Waals surface area contributed by atoms with Gasteiger partial charge in [-0.05, 0) is 0 Å². The van der Waals surface area contributed by atoms with Crippen molar-refractivity contribution in [2.45, 2.75) is 0 Å². The fraction of sp³-hybridized carbons (Fsp3) is 0. The van der Waals surface area contributed by atoms with Crippen LogP contribution in [0.15, 0.2) is 30.3 Å². The van der Waals surface area contributed by atoms with Gasteiger partial charge in [0.15, 0.2) is 0 Å². The minimum atomic E-state index is 0. The molecule has 0 atom stereocenters. The predicted octanol–water partition coefficient (Wildman–Crippen LogP) is -7.97. The summed E-state index contributed by atoms with van der Waals surface area (Å²) >= 11 is 0. The Morgan fingerprint density at radius 1 is 0.800 bits per heavy atom. The molecule has 0 aliphatic heterocycles. The Morgan fingerprint density at radius 2 is 1.10 bits per heavy atom. The summed E-state index contributed by atoms with van der Waals surface area (Å²) in [5.74, 6) is 0. The standard InChI is InChI=1S/C5H5.B.3ClH.Zr/c1-2-4-5-3-1;;;;;/h1-5H;;3*1H;/q-1;;;;;+4/p-3. The minimum absolute atomic E-state index is 0. The summed E-state index contributed by atoms with van der Waals surface area (Å²) in [6.07, 6.45) is 0. The van der Waals surface area contributed by atoms with Crippen molar-refractivity contribution in [2.24, 2.45) is 0 Å². The van der Waals surface area contributed by atoms with Crippen LogP contribution in [-0.4, -0.2) is 8.41 Å². The number of halogens is 3. The Bertz CT molecular complexity index is 73.4. The van der Waals surface area contributed by atoms with Gasteiger partial charge >= 0.3 is 26.2 Å². The van der Waals surface area contributed by atoms with Crippen molar-refractivity contribution in [2.75, 3.05) is 0 Å². The second-order valence-corrected chi connectivity index (χ2v) is 0.962. The SMILES string of the molecule is [B].[Cl-].[Cl-].[Cl-].[Zr+4].c1cc[cH-]c1. The van der Waals surface area contributed by atoms with Gasteiger partial charge in [-0.3, -0.25) is 0 Å². The van der Waals surface area contributed by atoms with Crippen LogP contribution in [0.2, 0.25) is 0 Å². The van der Waals surface area contributed by atoms with Crippen LogP contribution < -0.4 is 37.2 Å². The van der Waals surface area contributed by atoms with Gasteiger partial charge in [0.05, 0.1) is 0 Å².